The molecule has 1 aromatic heterocycles. The van der Waals surface area contributed by atoms with Crippen molar-refractivity contribution in [1.82, 2.24) is 15.5 Å². The van der Waals surface area contributed by atoms with Crippen molar-refractivity contribution in [1.29, 1.82) is 0 Å². The van der Waals surface area contributed by atoms with Gasteiger partial charge in [0.05, 0.1) is 0 Å². The van der Waals surface area contributed by atoms with E-state index in [-0.39, 0.29) is 18.2 Å². The Morgan fingerprint density at radius 2 is 2.15 bits per heavy atom. The third-order valence-electron chi connectivity index (χ3n) is 3.16. The molecule has 1 amide bonds. The van der Waals surface area contributed by atoms with E-state index in [1.807, 2.05) is 6.92 Å². The van der Waals surface area contributed by atoms with E-state index in [4.69, 9.17) is 9.63 Å². The van der Waals surface area contributed by atoms with Gasteiger partial charge < -0.3 is 14.9 Å². The maximum absolute atomic E-state index is 11.7. The van der Waals surface area contributed by atoms with Crippen LogP contribution in [-0.4, -0.2) is 33.2 Å². The number of carbonyl (C=O) groups is 2. The highest BCUT2D eigenvalue weighted by atomic mass is 16.5. The van der Waals surface area contributed by atoms with Gasteiger partial charge in [-0.2, -0.15) is 4.98 Å². The zero-order valence-corrected chi connectivity index (χ0v) is 12.0. The van der Waals surface area contributed by atoms with Crippen molar-refractivity contribution in [3.63, 3.8) is 0 Å². The molecule has 20 heavy (non-hydrogen) atoms. The highest BCUT2D eigenvalue weighted by Gasteiger charge is 2.24. The first-order valence-corrected chi connectivity index (χ1v) is 6.75. The summed E-state index contributed by atoms with van der Waals surface area (Å²) in [7, 11) is 0. The molecular formula is C13H21N3O4. The second-order valence-corrected chi connectivity index (χ2v) is 4.86. The van der Waals surface area contributed by atoms with Gasteiger partial charge in [-0.1, -0.05) is 25.4 Å². The number of amides is 1. The van der Waals surface area contributed by atoms with Crippen LogP contribution in [0.15, 0.2) is 4.52 Å². The van der Waals surface area contributed by atoms with Gasteiger partial charge in [0.2, 0.25) is 11.8 Å². The third-order valence-corrected chi connectivity index (χ3v) is 3.16. The average molecular weight is 283 g/mol. The van der Waals surface area contributed by atoms with Crippen LogP contribution in [0.1, 0.15) is 44.8 Å². The van der Waals surface area contributed by atoms with Crippen molar-refractivity contribution < 1.29 is 19.2 Å². The summed E-state index contributed by atoms with van der Waals surface area (Å²) in [6, 6.07) is -0.835. The van der Waals surface area contributed by atoms with E-state index >= 15 is 0 Å². The van der Waals surface area contributed by atoms with Gasteiger partial charge in [-0.05, 0) is 19.3 Å². The van der Waals surface area contributed by atoms with Crippen molar-refractivity contribution in [3.05, 3.63) is 11.7 Å². The number of carboxylic acids is 1. The Morgan fingerprint density at radius 3 is 2.65 bits per heavy atom. The van der Waals surface area contributed by atoms with E-state index in [1.54, 1.807) is 13.8 Å². The number of hydrogen-bond donors (Lipinski definition) is 2. The summed E-state index contributed by atoms with van der Waals surface area (Å²) in [5.41, 5.74) is 0. The second-order valence-electron chi connectivity index (χ2n) is 4.86. The lowest BCUT2D eigenvalue weighted by Crippen LogP contribution is -2.44. The quantitative estimate of drug-likeness (QED) is 0.745. The van der Waals surface area contributed by atoms with Gasteiger partial charge in [0.25, 0.3) is 0 Å². The predicted octanol–water partition coefficient (Wildman–Crippen LogP) is 1.32. The molecule has 0 unspecified atom stereocenters. The summed E-state index contributed by atoms with van der Waals surface area (Å²) < 4.78 is 4.93. The number of aliphatic carboxylic acids is 1. The van der Waals surface area contributed by atoms with Gasteiger partial charge in [-0.3, -0.25) is 4.79 Å². The van der Waals surface area contributed by atoms with Crippen molar-refractivity contribution in [2.45, 2.75) is 52.5 Å². The number of carboxylic acid groups (broad SMARTS) is 1. The fraction of sp³-hybridized carbons (Fsp3) is 0.692. The molecule has 7 heteroatoms. The molecule has 0 bridgehead atoms. The molecule has 0 radical (unpaired) electrons. The average Bonchev–Trinajstić information content (AvgIpc) is 2.80. The molecule has 2 atom stereocenters. The van der Waals surface area contributed by atoms with Crippen LogP contribution in [0.2, 0.25) is 0 Å². The molecule has 7 nitrogen and oxygen atoms in total. The van der Waals surface area contributed by atoms with Crippen molar-refractivity contribution in [2.75, 3.05) is 0 Å². The number of nitrogens with one attached hydrogen (secondary N) is 1. The minimum Gasteiger partial charge on any atom is -0.480 e. The van der Waals surface area contributed by atoms with E-state index in [1.165, 1.54) is 0 Å². The molecule has 112 valence electrons. The van der Waals surface area contributed by atoms with Crippen molar-refractivity contribution in [2.24, 2.45) is 5.92 Å². The van der Waals surface area contributed by atoms with E-state index in [9.17, 15) is 9.59 Å². The molecule has 1 rings (SSSR count). The number of nitrogens with zero attached hydrogens (tertiary/aromatic N) is 2. The van der Waals surface area contributed by atoms with Crippen molar-refractivity contribution in [3.8, 4) is 0 Å². The molecule has 0 fully saturated rings. The Kier molecular flexibility index (Phi) is 6.14. The highest BCUT2D eigenvalue weighted by Crippen LogP contribution is 2.09. The van der Waals surface area contributed by atoms with E-state index in [0.717, 1.165) is 0 Å². The summed E-state index contributed by atoms with van der Waals surface area (Å²) in [5, 5.41) is 15.3. The topological polar surface area (TPSA) is 105 Å². The van der Waals surface area contributed by atoms with Crippen LogP contribution in [0.25, 0.3) is 0 Å². The molecule has 0 aliphatic rings. The van der Waals surface area contributed by atoms with E-state index in [2.05, 4.69) is 15.5 Å². The second kappa shape index (κ2) is 7.62. The molecule has 0 aliphatic carbocycles. The molecule has 0 saturated carbocycles. The monoisotopic (exact) mass is 283 g/mol. The summed E-state index contributed by atoms with van der Waals surface area (Å²) in [4.78, 5) is 26.9. The third kappa shape index (κ3) is 4.99. The first-order chi connectivity index (χ1) is 9.43. The zero-order chi connectivity index (χ0) is 15.1. The summed E-state index contributed by atoms with van der Waals surface area (Å²) in [5.74, 6) is -0.316. The van der Waals surface area contributed by atoms with Crippen LogP contribution < -0.4 is 5.32 Å². The van der Waals surface area contributed by atoms with Gasteiger partial charge in [-0.15, -0.1) is 0 Å². The molecule has 0 aromatic carbocycles. The fourth-order valence-corrected chi connectivity index (χ4v) is 1.77. The Morgan fingerprint density at radius 1 is 1.45 bits per heavy atom. The fourth-order valence-electron chi connectivity index (χ4n) is 1.77. The van der Waals surface area contributed by atoms with E-state index < -0.39 is 12.0 Å². The Labute approximate surface area is 117 Å². The Hall–Kier alpha value is -1.92. The SMILES string of the molecule is CC[C@H](C)[C@H](NC(=O)CCCc1nc(C)no1)C(=O)O. The maximum atomic E-state index is 11.7. The minimum absolute atomic E-state index is 0.102. The van der Waals surface area contributed by atoms with Crippen molar-refractivity contribution >= 4 is 11.9 Å². The van der Waals surface area contributed by atoms with E-state index in [0.29, 0.717) is 31.0 Å². The van der Waals surface area contributed by atoms with Gasteiger partial charge >= 0.3 is 5.97 Å². The summed E-state index contributed by atoms with van der Waals surface area (Å²) in [6.45, 7) is 5.42. The molecule has 1 heterocycles. The Balaban J connectivity index is 2.36. The van der Waals surface area contributed by atoms with Crippen LogP contribution in [0.5, 0.6) is 0 Å². The Bertz CT molecular complexity index is 458. The standard InChI is InChI=1S/C13H21N3O4/c1-4-8(2)12(13(18)19)15-10(17)6-5-7-11-14-9(3)16-20-11/h8,12H,4-7H2,1-3H3,(H,15,17)(H,18,19)/t8-,12-/m0/s1. The lowest BCUT2D eigenvalue weighted by molar-refractivity contribution is -0.143. The van der Waals surface area contributed by atoms with Crippen LogP contribution in [0, 0.1) is 12.8 Å². The van der Waals surface area contributed by atoms with Gasteiger partial charge in [0.15, 0.2) is 5.82 Å². The van der Waals surface area contributed by atoms with Crippen LogP contribution in [-0.2, 0) is 16.0 Å². The number of hydrogen-bond acceptors (Lipinski definition) is 5. The highest BCUT2D eigenvalue weighted by molar-refractivity contribution is 5.83. The lowest BCUT2D eigenvalue weighted by atomic mass is 9.99. The zero-order valence-electron chi connectivity index (χ0n) is 12.0. The number of carbonyl (C=O) groups excluding carboxylic acids is 1. The largest absolute Gasteiger partial charge is 0.480 e. The summed E-state index contributed by atoms with van der Waals surface area (Å²) >= 11 is 0. The minimum atomic E-state index is -1.000. The molecule has 1 aromatic rings. The van der Waals surface area contributed by atoms with Crippen LogP contribution in [0.4, 0.5) is 0 Å². The summed E-state index contributed by atoms with van der Waals surface area (Å²) in [6.07, 6.45) is 1.98. The first-order valence-electron chi connectivity index (χ1n) is 6.75. The number of aromatic nitrogens is 2. The molecular weight excluding hydrogens is 262 g/mol. The predicted molar refractivity (Wildman–Crippen MR) is 71.0 cm³/mol. The maximum Gasteiger partial charge on any atom is 0.326 e. The first kappa shape index (κ1) is 16.1. The van der Waals surface area contributed by atoms with Gasteiger partial charge in [0.1, 0.15) is 6.04 Å². The lowest BCUT2D eigenvalue weighted by Gasteiger charge is -2.19. The number of aryl methyl sites for hydroxylation is 2. The molecule has 2 N–H and O–H groups in total. The molecule has 0 aliphatic heterocycles. The molecule has 0 spiro atoms. The van der Waals surface area contributed by atoms with Crippen LogP contribution in [0.3, 0.4) is 0 Å². The molecule has 0 saturated heterocycles. The number of rotatable bonds is 8. The normalized spacial score (nSPS) is 13.8. The van der Waals surface area contributed by atoms with Gasteiger partial charge in [-0.25, -0.2) is 4.79 Å². The van der Waals surface area contributed by atoms with Crippen LogP contribution >= 0.6 is 0 Å². The smallest absolute Gasteiger partial charge is 0.326 e. The van der Waals surface area contributed by atoms with Gasteiger partial charge in [0, 0.05) is 12.8 Å².